The molecular formula is C13H15N3O2. The zero-order valence-electron chi connectivity index (χ0n) is 10.7. The molecule has 0 saturated heterocycles. The van der Waals surface area contributed by atoms with Gasteiger partial charge in [0.05, 0.1) is 12.2 Å². The lowest BCUT2D eigenvalue weighted by atomic mass is 10.1. The van der Waals surface area contributed by atoms with Gasteiger partial charge in [-0.2, -0.15) is 5.26 Å². The van der Waals surface area contributed by atoms with Gasteiger partial charge in [-0.25, -0.2) is 0 Å². The van der Waals surface area contributed by atoms with Gasteiger partial charge >= 0.3 is 0 Å². The summed E-state index contributed by atoms with van der Waals surface area (Å²) < 4.78 is 10.4. The average Bonchev–Trinajstić information content (AvgIpc) is 2.93. The maximum Gasteiger partial charge on any atom is 0.203 e. The third-order valence-electron chi connectivity index (χ3n) is 2.88. The van der Waals surface area contributed by atoms with Crippen LogP contribution in [0.1, 0.15) is 41.5 Å². The van der Waals surface area contributed by atoms with Crippen LogP contribution < -0.4 is 5.32 Å². The first-order valence-electron chi connectivity index (χ1n) is 5.76. The summed E-state index contributed by atoms with van der Waals surface area (Å²) in [5, 5.41) is 15.9. The molecule has 1 atom stereocenters. The van der Waals surface area contributed by atoms with E-state index < -0.39 is 0 Å². The van der Waals surface area contributed by atoms with E-state index in [1.54, 1.807) is 12.1 Å². The van der Waals surface area contributed by atoms with E-state index in [1.165, 1.54) is 0 Å². The zero-order chi connectivity index (χ0) is 13.1. The highest BCUT2D eigenvalue weighted by molar-refractivity contribution is 5.24. The fourth-order valence-electron chi connectivity index (χ4n) is 2.00. The van der Waals surface area contributed by atoms with E-state index in [0.29, 0.717) is 12.3 Å². The minimum atomic E-state index is 0.117. The van der Waals surface area contributed by atoms with Crippen molar-refractivity contribution in [3.05, 3.63) is 40.7 Å². The topological polar surface area (TPSA) is 75.0 Å². The molecule has 2 heterocycles. The summed E-state index contributed by atoms with van der Waals surface area (Å²) in [6.45, 7) is 6.42. The fraction of sp³-hybridized carbons (Fsp3) is 0.385. The highest BCUT2D eigenvalue weighted by atomic mass is 16.5. The van der Waals surface area contributed by atoms with E-state index in [1.807, 2.05) is 26.8 Å². The van der Waals surface area contributed by atoms with Gasteiger partial charge in [0.15, 0.2) is 0 Å². The molecule has 1 unspecified atom stereocenters. The Labute approximate surface area is 105 Å². The van der Waals surface area contributed by atoms with Crippen molar-refractivity contribution in [1.82, 2.24) is 10.5 Å². The van der Waals surface area contributed by atoms with Crippen molar-refractivity contribution >= 4 is 0 Å². The van der Waals surface area contributed by atoms with E-state index in [4.69, 9.17) is 14.2 Å². The predicted octanol–water partition coefficient (Wildman–Crippen LogP) is 2.61. The number of rotatable bonds is 4. The molecular weight excluding hydrogens is 230 g/mol. The Balaban J connectivity index is 2.00. The van der Waals surface area contributed by atoms with Crippen LogP contribution in [0.25, 0.3) is 0 Å². The maximum atomic E-state index is 8.67. The molecule has 0 saturated carbocycles. The quantitative estimate of drug-likeness (QED) is 0.896. The Morgan fingerprint density at radius 2 is 2.22 bits per heavy atom. The first kappa shape index (κ1) is 12.4. The van der Waals surface area contributed by atoms with Gasteiger partial charge in [0.25, 0.3) is 0 Å². The van der Waals surface area contributed by atoms with Gasteiger partial charge in [-0.05, 0) is 32.9 Å². The van der Waals surface area contributed by atoms with Crippen LogP contribution in [0.4, 0.5) is 0 Å². The number of nitrogens with zero attached hydrogens (tertiary/aromatic N) is 2. The normalized spacial score (nSPS) is 12.3. The largest absolute Gasteiger partial charge is 0.449 e. The molecule has 0 aliphatic carbocycles. The summed E-state index contributed by atoms with van der Waals surface area (Å²) in [6.07, 6.45) is 0. The molecule has 2 aromatic heterocycles. The van der Waals surface area contributed by atoms with Crippen LogP contribution in [0, 0.1) is 25.2 Å². The molecule has 0 aliphatic heterocycles. The lowest BCUT2D eigenvalue weighted by molar-refractivity contribution is 0.389. The van der Waals surface area contributed by atoms with Crippen molar-refractivity contribution in [2.45, 2.75) is 33.4 Å². The monoisotopic (exact) mass is 245 g/mol. The first-order chi connectivity index (χ1) is 8.61. The molecule has 0 spiro atoms. The molecule has 0 aliphatic rings. The number of aryl methyl sites for hydroxylation is 2. The Kier molecular flexibility index (Phi) is 3.49. The van der Waals surface area contributed by atoms with E-state index in [9.17, 15) is 0 Å². The van der Waals surface area contributed by atoms with Gasteiger partial charge in [-0.1, -0.05) is 5.16 Å². The second-order valence-corrected chi connectivity index (χ2v) is 4.22. The summed E-state index contributed by atoms with van der Waals surface area (Å²) in [6, 6.07) is 5.54. The summed E-state index contributed by atoms with van der Waals surface area (Å²) >= 11 is 0. The lowest BCUT2D eigenvalue weighted by Gasteiger charge is -2.12. The number of nitriles is 1. The molecule has 1 N–H and O–H groups in total. The van der Waals surface area contributed by atoms with Crippen molar-refractivity contribution in [3.63, 3.8) is 0 Å². The fourth-order valence-corrected chi connectivity index (χ4v) is 2.00. The maximum absolute atomic E-state index is 8.67. The van der Waals surface area contributed by atoms with Crippen LogP contribution in [-0.2, 0) is 6.54 Å². The molecule has 0 bridgehead atoms. The second-order valence-electron chi connectivity index (χ2n) is 4.22. The molecule has 0 amide bonds. The lowest BCUT2D eigenvalue weighted by Crippen LogP contribution is -2.18. The highest BCUT2D eigenvalue weighted by Crippen LogP contribution is 2.21. The van der Waals surface area contributed by atoms with Crippen LogP contribution in [0.15, 0.2) is 21.1 Å². The molecule has 0 radical (unpaired) electrons. The summed E-state index contributed by atoms with van der Waals surface area (Å²) in [4.78, 5) is 0. The SMILES string of the molecule is Cc1noc(C)c1C(C)NCc1ccc(C#N)o1. The van der Waals surface area contributed by atoms with Crippen LogP contribution in [0.3, 0.4) is 0 Å². The van der Waals surface area contributed by atoms with E-state index >= 15 is 0 Å². The number of hydrogen-bond donors (Lipinski definition) is 1. The molecule has 2 rings (SSSR count). The number of hydrogen-bond acceptors (Lipinski definition) is 5. The smallest absolute Gasteiger partial charge is 0.203 e. The first-order valence-corrected chi connectivity index (χ1v) is 5.76. The standard InChI is InChI=1S/C13H15N3O2/c1-8(13-9(2)16-18-10(13)3)15-7-12-5-4-11(6-14)17-12/h4-5,8,15H,7H2,1-3H3. The van der Waals surface area contributed by atoms with Crippen LogP contribution >= 0.6 is 0 Å². The molecule has 0 aromatic carbocycles. The number of furan rings is 1. The van der Waals surface area contributed by atoms with E-state index in [0.717, 1.165) is 22.8 Å². The van der Waals surface area contributed by atoms with Crippen molar-refractivity contribution in [2.24, 2.45) is 0 Å². The van der Waals surface area contributed by atoms with Crippen LogP contribution in [0.5, 0.6) is 0 Å². The third kappa shape index (κ3) is 2.44. The molecule has 2 aromatic rings. The molecule has 0 fully saturated rings. The molecule has 18 heavy (non-hydrogen) atoms. The summed E-state index contributed by atoms with van der Waals surface area (Å²) in [5.74, 6) is 1.90. The van der Waals surface area contributed by atoms with E-state index in [-0.39, 0.29) is 6.04 Å². The van der Waals surface area contributed by atoms with Crippen molar-refractivity contribution in [2.75, 3.05) is 0 Å². The predicted molar refractivity (Wildman–Crippen MR) is 64.7 cm³/mol. The van der Waals surface area contributed by atoms with Gasteiger partial charge in [0.2, 0.25) is 5.76 Å². The highest BCUT2D eigenvalue weighted by Gasteiger charge is 2.16. The molecule has 94 valence electrons. The molecule has 5 heteroatoms. The van der Waals surface area contributed by atoms with Gasteiger partial charge < -0.3 is 14.3 Å². The van der Waals surface area contributed by atoms with Crippen molar-refractivity contribution in [3.8, 4) is 6.07 Å². The minimum Gasteiger partial charge on any atom is -0.449 e. The number of aromatic nitrogens is 1. The van der Waals surface area contributed by atoms with Crippen molar-refractivity contribution in [1.29, 1.82) is 5.26 Å². The Bertz CT molecular complexity index is 558. The van der Waals surface area contributed by atoms with Crippen LogP contribution in [-0.4, -0.2) is 5.16 Å². The third-order valence-corrected chi connectivity index (χ3v) is 2.88. The van der Waals surface area contributed by atoms with Gasteiger partial charge in [0, 0.05) is 11.6 Å². The van der Waals surface area contributed by atoms with E-state index in [2.05, 4.69) is 10.5 Å². The van der Waals surface area contributed by atoms with Gasteiger partial charge in [-0.15, -0.1) is 0 Å². The average molecular weight is 245 g/mol. The van der Waals surface area contributed by atoms with Gasteiger partial charge in [-0.3, -0.25) is 0 Å². The summed E-state index contributed by atoms with van der Waals surface area (Å²) in [5.41, 5.74) is 1.96. The van der Waals surface area contributed by atoms with Gasteiger partial charge in [0.1, 0.15) is 17.6 Å². The Morgan fingerprint density at radius 3 is 2.78 bits per heavy atom. The molecule has 5 nitrogen and oxygen atoms in total. The number of nitrogens with one attached hydrogen (secondary N) is 1. The zero-order valence-corrected chi connectivity index (χ0v) is 10.7. The minimum absolute atomic E-state index is 0.117. The second kappa shape index (κ2) is 5.07. The summed E-state index contributed by atoms with van der Waals surface area (Å²) in [7, 11) is 0. The Hall–Kier alpha value is -2.06. The van der Waals surface area contributed by atoms with Crippen molar-refractivity contribution < 1.29 is 8.94 Å². The Morgan fingerprint density at radius 1 is 1.44 bits per heavy atom. The van der Waals surface area contributed by atoms with Crippen LogP contribution in [0.2, 0.25) is 0 Å².